The van der Waals surface area contributed by atoms with Crippen LogP contribution in [-0.2, 0) is 4.79 Å². The van der Waals surface area contributed by atoms with Crippen molar-refractivity contribution in [2.45, 2.75) is 13.8 Å². The number of aryl methyl sites for hydroxylation is 2. The molecule has 0 saturated heterocycles. The number of nitrogens with zero attached hydrogens (tertiary/aromatic N) is 1. The number of phenolic OH excluding ortho intramolecular Hbond substituents is 1. The van der Waals surface area contributed by atoms with E-state index in [1.165, 1.54) is 0 Å². The molecule has 0 unspecified atom stereocenters. The molecule has 3 aromatic rings. The lowest BCUT2D eigenvalue weighted by Gasteiger charge is -2.11. The molecular formula is C19H19N3O3. The van der Waals surface area contributed by atoms with E-state index in [1.54, 1.807) is 18.3 Å². The highest BCUT2D eigenvalue weighted by atomic mass is 16.5. The first-order valence-electron chi connectivity index (χ1n) is 7.85. The molecule has 0 atom stereocenters. The molecule has 3 rings (SSSR count). The van der Waals surface area contributed by atoms with Gasteiger partial charge >= 0.3 is 0 Å². The number of hydrogen-bond donors (Lipinski definition) is 3. The second-order valence-corrected chi connectivity index (χ2v) is 5.78. The molecule has 1 amide bonds. The van der Waals surface area contributed by atoms with Crippen LogP contribution in [-0.4, -0.2) is 28.8 Å². The maximum absolute atomic E-state index is 11.9. The van der Waals surface area contributed by atoms with Crippen molar-refractivity contribution in [3.8, 4) is 11.5 Å². The van der Waals surface area contributed by atoms with Crippen LogP contribution in [0.5, 0.6) is 11.5 Å². The molecule has 1 aromatic heterocycles. The normalized spacial score (nSPS) is 11.1. The van der Waals surface area contributed by atoms with Gasteiger partial charge in [-0.25, -0.2) is 5.43 Å². The molecule has 0 radical (unpaired) electrons. The number of phenols is 1. The number of carbonyl (C=O) groups is 1. The largest absolute Gasteiger partial charge is 0.508 e. The third-order valence-corrected chi connectivity index (χ3v) is 3.81. The highest BCUT2D eigenvalue weighted by Crippen LogP contribution is 2.27. The van der Waals surface area contributed by atoms with Crippen LogP contribution >= 0.6 is 0 Å². The van der Waals surface area contributed by atoms with E-state index >= 15 is 0 Å². The molecule has 25 heavy (non-hydrogen) atoms. The van der Waals surface area contributed by atoms with Gasteiger partial charge in [-0.05, 0) is 43.2 Å². The Bertz CT molecular complexity index is 921. The Hall–Kier alpha value is -3.28. The number of aromatic nitrogens is 1. The molecule has 0 aliphatic rings. The van der Waals surface area contributed by atoms with E-state index in [0.717, 1.165) is 27.6 Å². The Morgan fingerprint density at radius 3 is 2.76 bits per heavy atom. The molecule has 0 saturated carbocycles. The van der Waals surface area contributed by atoms with Gasteiger partial charge in [0.2, 0.25) is 0 Å². The molecular weight excluding hydrogens is 318 g/mol. The van der Waals surface area contributed by atoms with Crippen molar-refractivity contribution in [2.75, 3.05) is 6.61 Å². The van der Waals surface area contributed by atoms with E-state index in [-0.39, 0.29) is 18.3 Å². The van der Waals surface area contributed by atoms with Crippen molar-refractivity contribution in [2.24, 2.45) is 5.10 Å². The Kier molecular flexibility index (Phi) is 4.70. The summed E-state index contributed by atoms with van der Waals surface area (Å²) in [5, 5.41) is 14.5. The summed E-state index contributed by atoms with van der Waals surface area (Å²) in [7, 11) is 0. The van der Waals surface area contributed by atoms with Crippen LogP contribution in [0.25, 0.3) is 10.9 Å². The first-order chi connectivity index (χ1) is 12.0. The van der Waals surface area contributed by atoms with Gasteiger partial charge in [0.05, 0.1) is 6.21 Å². The van der Waals surface area contributed by atoms with Gasteiger partial charge in [0, 0.05) is 22.7 Å². The number of benzene rings is 2. The van der Waals surface area contributed by atoms with Crippen molar-refractivity contribution in [1.82, 2.24) is 10.4 Å². The van der Waals surface area contributed by atoms with Crippen LogP contribution in [0.2, 0.25) is 0 Å². The van der Waals surface area contributed by atoms with Gasteiger partial charge in [0.25, 0.3) is 5.91 Å². The smallest absolute Gasteiger partial charge is 0.277 e. The first-order valence-corrected chi connectivity index (χ1v) is 7.85. The Morgan fingerprint density at radius 2 is 2.00 bits per heavy atom. The van der Waals surface area contributed by atoms with E-state index in [0.29, 0.717) is 5.75 Å². The van der Waals surface area contributed by atoms with Gasteiger partial charge in [-0.3, -0.25) is 4.79 Å². The fourth-order valence-corrected chi connectivity index (χ4v) is 2.70. The maximum atomic E-state index is 11.9. The van der Waals surface area contributed by atoms with Gasteiger partial charge in [0.15, 0.2) is 6.61 Å². The summed E-state index contributed by atoms with van der Waals surface area (Å²) < 4.78 is 5.54. The van der Waals surface area contributed by atoms with Gasteiger partial charge in [-0.2, -0.15) is 5.10 Å². The van der Waals surface area contributed by atoms with E-state index in [1.807, 2.05) is 44.3 Å². The molecule has 0 spiro atoms. The summed E-state index contributed by atoms with van der Waals surface area (Å²) in [6.45, 7) is 3.47. The van der Waals surface area contributed by atoms with Crippen molar-refractivity contribution < 1.29 is 14.6 Å². The van der Waals surface area contributed by atoms with Gasteiger partial charge in [-0.1, -0.05) is 18.2 Å². The standard InChI is InChI=1S/C19H19N3O3/c1-12-7-15(23)8-13(2)19(12)25-11-18(24)22-21-10-14-9-20-17-6-4-3-5-16(14)17/h3-10,20,23H,11H2,1-2H3,(H,22,24)/b21-10+. The van der Waals surface area contributed by atoms with Crippen molar-refractivity contribution >= 4 is 23.0 Å². The number of nitrogens with one attached hydrogen (secondary N) is 2. The number of carbonyl (C=O) groups excluding carboxylic acids is 1. The van der Waals surface area contributed by atoms with Crippen LogP contribution in [0, 0.1) is 13.8 Å². The minimum atomic E-state index is -0.358. The molecule has 6 heteroatoms. The quantitative estimate of drug-likeness (QED) is 0.494. The van der Waals surface area contributed by atoms with Gasteiger partial charge < -0.3 is 14.8 Å². The molecule has 128 valence electrons. The highest BCUT2D eigenvalue weighted by molar-refractivity contribution is 5.99. The molecule has 3 N–H and O–H groups in total. The molecule has 0 aliphatic carbocycles. The summed E-state index contributed by atoms with van der Waals surface area (Å²) in [5.74, 6) is 0.409. The minimum absolute atomic E-state index is 0.155. The van der Waals surface area contributed by atoms with Crippen LogP contribution in [0.1, 0.15) is 16.7 Å². The van der Waals surface area contributed by atoms with E-state index < -0.39 is 0 Å². The summed E-state index contributed by atoms with van der Waals surface area (Å²) in [6, 6.07) is 11.0. The van der Waals surface area contributed by atoms with Crippen molar-refractivity contribution in [1.29, 1.82) is 0 Å². The summed E-state index contributed by atoms with van der Waals surface area (Å²) in [4.78, 5) is 15.0. The Labute approximate surface area is 145 Å². The summed E-state index contributed by atoms with van der Waals surface area (Å²) in [5.41, 5.74) is 5.89. The molecule has 2 aromatic carbocycles. The SMILES string of the molecule is Cc1cc(O)cc(C)c1OCC(=O)N/N=C/c1c[nH]c2ccccc12. The van der Waals surface area contributed by atoms with Crippen molar-refractivity contribution in [3.63, 3.8) is 0 Å². The van der Waals surface area contributed by atoms with Crippen molar-refractivity contribution in [3.05, 3.63) is 59.3 Å². The topological polar surface area (TPSA) is 86.7 Å². The number of aromatic amines is 1. The average Bonchev–Trinajstić information content (AvgIpc) is 2.97. The second-order valence-electron chi connectivity index (χ2n) is 5.78. The number of H-pyrrole nitrogens is 1. The monoisotopic (exact) mass is 337 g/mol. The van der Waals surface area contributed by atoms with E-state index in [2.05, 4.69) is 15.5 Å². The minimum Gasteiger partial charge on any atom is -0.508 e. The fraction of sp³-hybridized carbons (Fsp3) is 0.158. The van der Waals surface area contributed by atoms with Gasteiger partial charge in [0.1, 0.15) is 11.5 Å². The van der Waals surface area contributed by atoms with Crippen LogP contribution < -0.4 is 10.2 Å². The zero-order chi connectivity index (χ0) is 17.8. The van der Waals surface area contributed by atoms with E-state index in [9.17, 15) is 9.90 Å². The highest BCUT2D eigenvalue weighted by Gasteiger charge is 2.08. The predicted octanol–water partition coefficient (Wildman–Crippen LogP) is 3.02. The van der Waals surface area contributed by atoms with E-state index in [4.69, 9.17) is 4.74 Å². The van der Waals surface area contributed by atoms with Crippen LogP contribution in [0.3, 0.4) is 0 Å². The number of aromatic hydroxyl groups is 1. The second kappa shape index (κ2) is 7.09. The number of hydrazone groups is 1. The average molecular weight is 337 g/mol. The molecule has 6 nitrogen and oxygen atoms in total. The molecule has 0 aliphatic heterocycles. The number of fused-ring (bicyclic) bond motifs is 1. The third kappa shape index (κ3) is 3.80. The maximum Gasteiger partial charge on any atom is 0.277 e. The first kappa shape index (κ1) is 16.6. The lowest BCUT2D eigenvalue weighted by atomic mass is 10.1. The number of para-hydroxylation sites is 1. The Balaban J connectivity index is 1.58. The number of hydrogen-bond acceptors (Lipinski definition) is 4. The number of rotatable bonds is 5. The third-order valence-electron chi connectivity index (χ3n) is 3.81. The lowest BCUT2D eigenvalue weighted by molar-refractivity contribution is -0.123. The predicted molar refractivity (Wildman–Crippen MR) is 97.1 cm³/mol. The summed E-state index contributed by atoms with van der Waals surface area (Å²) >= 11 is 0. The molecule has 0 fully saturated rings. The van der Waals surface area contributed by atoms with Gasteiger partial charge in [-0.15, -0.1) is 0 Å². The number of ether oxygens (including phenoxy) is 1. The molecule has 1 heterocycles. The van der Waals surface area contributed by atoms with Crippen LogP contribution in [0.15, 0.2) is 47.7 Å². The van der Waals surface area contributed by atoms with Crippen LogP contribution in [0.4, 0.5) is 0 Å². The summed E-state index contributed by atoms with van der Waals surface area (Å²) in [6.07, 6.45) is 3.42. The Morgan fingerprint density at radius 1 is 1.28 bits per heavy atom. The zero-order valence-electron chi connectivity index (χ0n) is 14.0. The number of amides is 1. The molecule has 0 bridgehead atoms. The lowest BCUT2D eigenvalue weighted by Crippen LogP contribution is -2.25. The fourth-order valence-electron chi connectivity index (χ4n) is 2.70. The zero-order valence-corrected chi connectivity index (χ0v) is 14.0.